The summed E-state index contributed by atoms with van der Waals surface area (Å²) in [4.78, 5) is 23.8. The topological polar surface area (TPSA) is 76.8 Å². The van der Waals surface area contributed by atoms with E-state index in [9.17, 15) is 4.79 Å². The summed E-state index contributed by atoms with van der Waals surface area (Å²) in [6.45, 7) is 4.79. The monoisotopic (exact) mass is 442 g/mol. The van der Waals surface area contributed by atoms with Crippen molar-refractivity contribution in [2.75, 3.05) is 6.54 Å². The van der Waals surface area contributed by atoms with E-state index < -0.39 is 0 Å². The Kier molecular flexibility index (Phi) is 6.34. The van der Waals surface area contributed by atoms with Crippen molar-refractivity contribution in [3.05, 3.63) is 58.6 Å². The van der Waals surface area contributed by atoms with Gasteiger partial charge in [-0.05, 0) is 56.9 Å². The molecule has 2 aromatic heterocycles. The zero-order valence-corrected chi connectivity index (χ0v) is 18.5. The highest BCUT2D eigenvalue weighted by atomic mass is 35.5. The third-order valence-corrected chi connectivity index (χ3v) is 6.60. The van der Waals surface area contributed by atoms with E-state index in [-0.39, 0.29) is 11.9 Å². The predicted octanol–water partition coefficient (Wildman–Crippen LogP) is 4.33. The summed E-state index contributed by atoms with van der Waals surface area (Å²) >= 11 is 7.78. The number of piperidine rings is 1. The van der Waals surface area contributed by atoms with Gasteiger partial charge in [-0.3, -0.25) is 4.79 Å². The number of nitrogens with zero attached hydrogens (tertiary/aromatic N) is 6. The molecule has 1 atom stereocenters. The van der Waals surface area contributed by atoms with Crippen LogP contribution in [0.3, 0.4) is 0 Å². The van der Waals surface area contributed by atoms with Gasteiger partial charge in [0.25, 0.3) is 5.91 Å². The van der Waals surface area contributed by atoms with Crippen LogP contribution in [0.5, 0.6) is 0 Å². The molecule has 156 valence electrons. The summed E-state index contributed by atoms with van der Waals surface area (Å²) in [7, 11) is 0. The van der Waals surface area contributed by atoms with Gasteiger partial charge in [-0.25, -0.2) is 14.6 Å². The molecule has 9 heteroatoms. The van der Waals surface area contributed by atoms with Gasteiger partial charge in [0.1, 0.15) is 0 Å². The fraction of sp³-hybridized carbons (Fsp3) is 0.381. The maximum Gasteiger partial charge on any atom is 0.276 e. The van der Waals surface area contributed by atoms with Gasteiger partial charge in [0, 0.05) is 35.8 Å². The third kappa shape index (κ3) is 4.34. The van der Waals surface area contributed by atoms with Crippen molar-refractivity contribution >= 4 is 29.3 Å². The molecule has 1 fully saturated rings. The highest BCUT2D eigenvalue weighted by Crippen LogP contribution is 2.27. The molecule has 30 heavy (non-hydrogen) atoms. The lowest BCUT2D eigenvalue weighted by molar-refractivity contribution is 0.0628. The second-order valence-corrected chi connectivity index (χ2v) is 8.74. The quantitative estimate of drug-likeness (QED) is 0.432. The zero-order chi connectivity index (χ0) is 21.1. The van der Waals surface area contributed by atoms with Crippen molar-refractivity contribution in [1.82, 2.24) is 29.9 Å². The van der Waals surface area contributed by atoms with E-state index in [0.29, 0.717) is 21.6 Å². The molecule has 7 nitrogen and oxygen atoms in total. The number of likely N-dealkylation sites (tertiary alicyclic amines) is 1. The van der Waals surface area contributed by atoms with Crippen LogP contribution in [0, 0.1) is 6.92 Å². The van der Waals surface area contributed by atoms with Gasteiger partial charge < -0.3 is 4.90 Å². The average Bonchev–Trinajstić information content (AvgIpc) is 3.18. The molecular formula is C21H23ClN6OS. The van der Waals surface area contributed by atoms with E-state index in [4.69, 9.17) is 11.6 Å². The van der Waals surface area contributed by atoms with Crippen LogP contribution in [0.2, 0.25) is 5.02 Å². The number of halogens is 1. The van der Waals surface area contributed by atoms with E-state index in [1.54, 1.807) is 23.1 Å². The first-order valence-corrected chi connectivity index (χ1v) is 11.3. The van der Waals surface area contributed by atoms with Crippen LogP contribution in [0.15, 0.2) is 41.8 Å². The molecule has 0 bridgehead atoms. The van der Waals surface area contributed by atoms with E-state index >= 15 is 0 Å². The predicted molar refractivity (Wildman–Crippen MR) is 117 cm³/mol. The summed E-state index contributed by atoms with van der Waals surface area (Å²) in [5, 5.41) is 9.89. The first-order chi connectivity index (χ1) is 14.5. The van der Waals surface area contributed by atoms with Gasteiger partial charge >= 0.3 is 0 Å². The molecule has 0 saturated carbocycles. The Balaban J connectivity index is 1.71. The number of amides is 1. The number of aromatic nitrogens is 5. The normalized spacial score (nSPS) is 16.6. The maximum atomic E-state index is 13.4. The number of thioether (sulfide) groups is 1. The largest absolute Gasteiger partial charge is 0.334 e. The van der Waals surface area contributed by atoms with E-state index in [0.717, 1.165) is 42.8 Å². The first kappa shape index (κ1) is 20.8. The summed E-state index contributed by atoms with van der Waals surface area (Å²) in [5.74, 6) is 0.391. The molecule has 1 unspecified atom stereocenters. The number of carbonyl (C=O) groups excluding carboxylic acids is 1. The van der Waals surface area contributed by atoms with Crippen LogP contribution in [-0.4, -0.2) is 48.4 Å². The highest BCUT2D eigenvalue weighted by Gasteiger charge is 2.29. The van der Waals surface area contributed by atoms with E-state index in [1.165, 1.54) is 11.8 Å². The van der Waals surface area contributed by atoms with Crippen molar-refractivity contribution in [2.24, 2.45) is 0 Å². The molecule has 4 rings (SSSR count). The molecule has 1 aromatic carbocycles. The molecule has 0 spiro atoms. The minimum absolute atomic E-state index is 0.0729. The van der Waals surface area contributed by atoms with Crippen LogP contribution in [0.4, 0.5) is 0 Å². The van der Waals surface area contributed by atoms with E-state index in [2.05, 4.69) is 27.2 Å². The first-order valence-electron chi connectivity index (χ1n) is 9.96. The lowest BCUT2D eigenvalue weighted by atomic mass is 10.0. The molecule has 0 N–H and O–H groups in total. The minimum Gasteiger partial charge on any atom is -0.334 e. The van der Waals surface area contributed by atoms with Gasteiger partial charge in [-0.15, -0.1) is 5.10 Å². The Morgan fingerprint density at radius 1 is 1.27 bits per heavy atom. The van der Waals surface area contributed by atoms with Crippen molar-refractivity contribution < 1.29 is 4.79 Å². The number of benzene rings is 1. The smallest absolute Gasteiger partial charge is 0.276 e. The number of hydrogen-bond acceptors (Lipinski definition) is 6. The van der Waals surface area contributed by atoms with Gasteiger partial charge in [0.2, 0.25) is 0 Å². The van der Waals surface area contributed by atoms with Crippen molar-refractivity contribution in [2.45, 2.75) is 50.1 Å². The fourth-order valence-electron chi connectivity index (χ4n) is 3.55. The van der Waals surface area contributed by atoms with Gasteiger partial charge in [0.15, 0.2) is 10.9 Å². The molecule has 3 heterocycles. The SMILES string of the molecule is Cc1ccc(-n2nnc(C(=O)N3CCCCC3C)c2CSc2ncccn2)cc1Cl. The van der Waals surface area contributed by atoms with E-state index in [1.807, 2.05) is 30.0 Å². The average molecular weight is 443 g/mol. The summed E-state index contributed by atoms with van der Waals surface area (Å²) in [6, 6.07) is 7.68. The number of hydrogen-bond donors (Lipinski definition) is 0. The van der Waals surface area contributed by atoms with Crippen LogP contribution in [0.25, 0.3) is 5.69 Å². The lowest BCUT2D eigenvalue weighted by Gasteiger charge is -2.33. The van der Waals surface area contributed by atoms with Crippen LogP contribution in [0.1, 0.15) is 47.9 Å². The Labute approximate surface area is 184 Å². The van der Waals surface area contributed by atoms with Crippen LogP contribution >= 0.6 is 23.4 Å². The lowest BCUT2D eigenvalue weighted by Crippen LogP contribution is -2.42. The Bertz CT molecular complexity index is 1040. The zero-order valence-electron chi connectivity index (χ0n) is 17.0. The van der Waals surface area contributed by atoms with Crippen molar-refractivity contribution in [1.29, 1.82) is 0 Å². The molecule has 1 amide bonds. The van der Waals surface area contributed by atoms with Gasteiger partial charge in [-0.2, -0.15) is 0 Å². The summed E-state index contributed by atoms with van der Waals surface area (Å²) in [5.41, 5.74) is 2.85. The Morgan fingerprint density at radius 3 is 2.80 bits per heavy atom. The molecule has 1 saturated heterocycles. The molecular weight excluding hydrogens is 420 g/mol. The van der Waals surface area contributed by atoms with Crippen molar-refractivity contribution in [3.63, 3.8) is 0 Å². The van der Waals surface area contributed by atoms with Crippen LogP contribution in [-0.2, 0) is 5.75 Å². The summed E-state index contributed by atoms with van der Waals surface area (Å²) in [6.07, 6.45) is 6.57. The molecule has 3 aromatic rings. The van der Waals surface area contributed by atoms with Gasteiger partial charge in [-0.1, -0.05) is 34.6 Å². The third-order valence-electron chi connectivity index (χ3n) is 5.31. The number of rotatable bonds is 5. The standard InChI is InChI=1S/C21H23ClN6OS/c1-14-7-8-16(12-17(14)22)28-18(13-30-21-23-9-5-10-24-21)19(25-26-28)20(29)27-11-4-3-6-15(27)2/h5,7-10,12,15H,3-4,6,11,13H2,1-2H3. The molecule has 1 aliphatic heterocycles. The molecule has 0 aliphatic carbocycles. The van der Waals surface area contributed by atoms with Gasteiger partial charge in [0.05, 0.1) is 11.4 Å². The number of carbonyl (C=O) groups is 1. The number of aryl methyl sites for hydroxylation is 1. The van der Waals surface area contributed by atoms with Crippen LogP contribution < -0.4 is 0 Å². The fourth-order valence-corrected chi connectivity index (χ4v) is 4.52. The second kappa shape index (κ2) is 9.14. The highest BCUT2D eigenvalue weighted by molar-refractivity contribution is 7.98. The maximum absolute atomic E-state index is 13.4. The minimum atomic E-state index is -0.0729. The van der Waals surface area contributed by atoms with Crippen molar-refractivity contribution in [3.8, 4) is 5.69 Å². The Hall–Kier alpha value is -2.45. The molecule has 1 aliphatic rings. The second-order valence-electron chi connectivity index (χ2n) is 7.39. The molecule has 0 radical (unpaired) electrons. The summed E-state index contributed by atoms with van der Waals surface area (Å²) < 4.78 is 1.70. The Morgan fingerprint density at radius 2 is 2.07 bits per heavy atom.